The normalized spacial score (nSPS) is 19.2. The first-order chi connectivity index (χ1) is 13.2. The zero-order valence-corrected chi connectivity index (χ0v) is 19.5. The van der Waals surface area contributed by atoms with Gasteiger partial charge in [-0.2, -0.15) is 0 Å². The number of ether oxygens (including phenoxy) is 2. The van der Waals surface area contributed by atoms with E-state index in [-0.39, 0.29) is 36.0 Å². The highest BCUT2D eigenvalue weighted by Gasteiger charge is 2.34. The van der Waals surface area contributed by atoms with Crippen LogP contribution in [0.4, 0.5) is 0 Å². The molecule has 160 valence electrons. The quantitative estimate of drug-likeness (QED) is 0.245. The lowest BCUT2D eigenvalue weighted by Gasteiger charge is -2.24. The van der Waals surface area contributed by atoms with Crippen molar-refractivity contribution in [3.05, 3.63) is 29.8 Å². The lowest BCUT2D eigenvalue weighted by Crippen LogP contribution is -2.39. The molecule has 3 N–H and O–H groups in total. The van der Waals surface area contributed by atoms with Crippen LogP contribution in [-0.4, -0.2) is 57.1 Å². The molecule has 1 aliphatic rings. The molecule has 1 aromatic rings. The Balaban J connectivity index is 0.00000392. The molecule has 1 aliphatic heterocycles. The predicted octanol–water partition coefficient (Wildman–Crippen LogP) is 2.98. The lowest BCUT2D eigenvalue weighted by molar-refractivity contribution is 0.131. The van der Waals surface area contributed by atoms with Crippen molar-refractivity contribution < 1.29 is 14.6 Å². The van der Waals surface area contributed by atoms with Crippen LogP contribution in [0, 0.1) is 5.41 Å². The Bertz CT molecular complexity index is 578. The Hall–Kier alpha value is -1.06. The van der Waals surface area contributed by atoms with Crippen molar-refractivity contribution in [3.63, 3.8) is 0 Å². The van der Waals surface area contributed by atoms with Gasteiger partial charge in [0.1, 0.15) is 5.75 Å². The molecular formula is C21H36IN3O3. The number of nitrogens with zero attached hydrogens (tertiary/aromatic N) is 1. The van der Waals surface area contributed by atoms with Gasteiger partial charge in [-0.1, -0.05) is 19.1 Å². The maximum absolute atomic E-state index is 9.36. The van der Waals surface area contributed by atoms with Gasteiger partial charge in [-0.05, 0) is 50.3 Å². The highest BCUT2D eigenvalue weighted by molar-refractivity contribution is 14.0. The van der Waals surface area contributed by atoms with Gasteiger partial charge < -0.3 is 25.2 Å². The molecule has 0 radical (unpaired) electrons. The largest absolute Gasteiger partial charge is 0.494 e. The number of guanidine groups is 1. The second-order valence-corrected chi connectivity index (χ2v) is 7.14. The number of aliphatic hydroxyl groups excluding tert-OH is 1. The van der Waals surface area contributed by atoms with Gasteiger partial charge in [0.2, 0.25) is 0 Å². The molecule has 0 saturated carbocycles. The number of halogens is 1. The van der Waals surface area contributed by atoms with Crippen molar-refractivity contribution in [3.8, 4) is 5.75 Å². The molecule has 0 aromatic heterocycles. The van der Waals surface area contributed by atoms with Gasteiger partial charge in [0.15, 0.2) is 5.96 Å². The third-order valence-electron chi connectivity index (χ3n) is 4.82. The minimum Gasteiger partial charge on any atom is -0.494 e. The molecule has 1 atom stereocenters. The van der Waals surface area contributed by atoms with E-state index in [0.29, 0.717) is 13.2 Å². The molecule has 0 bridgehead atoms. The molecule has 7 heteroatoms. The summed E-state index contributed by atoms with van der Waals surface area (Å²) in [5.74, 6) is 1.75. The first-order valence-corrected chi connectivity index (χ1v) is 10.1. The van der Waals surface area contributed by atoms with Crippen LogP contribution in [0.3, 0.4) is 0 Å². The van der Waals surface area contributed by atoms with Crippen molar-refractivity contribution >= 4 is 29.9 Å². The predicted molar refractivity (Wildman–Crippen MR) is 125 cm³/mol. The molecule has 0 amide bonds. The fraction of sp³-hybridized carbons (Fsp3) is 0.667. The molecule has 1 fully saturated rings. The minimum absolute atomic E-state index is 0. The SMILES string of the molecule is CCCOc1cccc(CCNC(=NCC2(CCO)CCOC2)NCC)c1.I. The second-order valence-electron chi connectivity index (χ2n) is 7.14. The van der Waals surface area contributed by atoms with Crippen LogP contribution in [0.2, 0.25) is 0 Å². The van der Waals surface area contributed by atoms with E-state index in [1.165, 1.54) is 5.56 Å². The Morgan fingerprint density at radius 1 is 1.32 bits per heavy atom. The molecule has 2 rings (SSSR count). The van der Waals surface area contributed by atoms with Crippen molar-refractivity contribution in [1.29, 1.82) is 0 Å². The van der Waals surface area contributed by atoms with Crippen molar-refractivity contribution in [1.82, 2.24) is 10.6 Å². The van der Waals surface area contributed by atoms with E-state index < -0.39 is 0 Å². The van der Waals surface area contributed by atoms with Crippen LogP contribution in [0.5, 0.6) is 5.75 Å². The molecule has 6 nitrogen and oxygen atoms in total. The first-order valence-electron chi connectivity index (χ1n) is 10.1. The second kappa shape index (κ2) is 14.0. The minimum atomic E-state index is -0.0257. The van der Waals surface area contributed by atoms with Gasteiger partial charge in [-0.15, -0.1) is 24.0 Å². The molecular weight excluding hydrogens is 469 g/mol. The number of aliphatic imine (C=N–C) groups is 1. The van der Waals surface area contributed by atoms with E-state index >= 15 is 0 Å². The fourth-order valence-corrected chi connectivity index (χ4v) is 3.21. The van der Waals surface area contributed by atoms with Gasteiger partial charge in [0.25, 0.3) is 0 Å². The summed E-state index contributed by atoms with van der Waals surface area (Å²) < 4.78 is 11.3. The summed E-state index contributed by atoms with van der Waals surface area (Å²) in [6, 6.07) is 8.27. The third kappa shape index (κ3) is 8.53. The maximum atomic E-state index is 9.36. The molecule has 1 aromatic carbocycles. The summed E-state index contributed by atoms with van der Waals surface area (Å²) in [5.41, 5.74) is 1.22. The summed E-state index contributed by atoms with van der Waals surface area (Å²) >= 11 is 0. The zero-order chi connectivity index (χ0) is 19.4. The average Bonchev–Trinajstić information content (AvgIpc) is 3.14. The van der Waals surface area contributed by atoms with Gasteiger partial charge in [0, 0.05) is 31.7 Å². The van der Waals surface area contributed by atoms with Crippen molar-refractivity contribution in [2.24, 2.45) is 10.4 Å². The summed E-state index contributed by atoms with van der Waals surface area (Å²) in [4.78, 5) is 4.75. The highest BCUT2D eigenvalue weighted by atomic mass is 127. The summed E-state index contributed by atoms with van der Waals surface area (Å²) in [6.07, 6.45) is 3.61. The molecule has 0 aliphatic carbocycles. The van der Waals surface area contributed by atoms with E-state index in [2.05, 4.69) is 36.6 Å². The molecule has 0 spiro atoms. The van der Waals surface area contributed by atoms with Crippen LogP contribution in [0.1, 0.15) is 38.7 Å². The van der Waals surface area contributed by atoms with Crippen molar-refractivity contribution in [2.45, 2.75) is 39.5 Å². The molecule has 28 heavy (non-hydrogen) atoms. The van der Waals surface area contributed by atoms with Crippen LogP contribution >= 0.6 is 24.0 Å². The van der Waals surface area contributed by atoms with Crippen LogP contribution < -0.4 is 15.4 Å². The van der Waals surface area contributed by atoms with E-state index in [4.69, 9.17) is 14.5 Å². The van der Waals surface area contributed by atoms with Gasteiger partial charge in [-0.3, -0.25) is 4.99 Å². The van der Waals surface area contributed by atoms with Gasteiger partial charge >= 0.3 is 0 Å². The number of benzene rings is 1. The molecule has 1 heterocycles. The van der Waals surface area contributed by atoms with Gasteiger partial charge in [0.05, 0.1) is 19.8 Å². The van der Waals surface area contributed by atoms with E-state index in [1.807, 2.05) is 12.1 Å². The Labute approximate surface area is 186 Å². The number of hydrogen-bond acceptors (Lipinski definition) is 4. The van der Waals surface area contributed by atoms with E-state index in [0.717, 1.165) is 63.7 Å². The first kappa shape index (κ1) is 25.0. The molecule has 1 unspecified atom stereocenters. The summed E-state index contributed by atoms with van der Waals surface area (Å²) in [6.45, 7) is 8.83. The highest BCUT2D eigenvalue weighted by Crippen LogP contribution is 2.32. The fourth-order valence-electron chi connectivity index (χ4n) is 3.21. The number of hydrogen-bond donors (Lipinski definition) is 3. The maximum Gasteiger partial charge on any atom is 0.191 e. The summed E-state index contributed by atoms with van der Waals surface area (Å²) in [7, 11) is 0. The standard InChI is InChI=1S/C21H35N3O3.HI/c1-3-13-27-19-7-5-6-18(15-19)8-11-23-20(22-4-2)24-16-21(9-12-25)10-14-26-17-21;/h5-7,15,25H,3-4,8-14,16-17H2,1-2H3,(H2,22,23,24);1H. The monoisotopic (exact) mass is 505 g/mol. The summed E-state index contributed by atoms with van der Waals surface area (Å²) in [5, 5.41) is 16.1. The number of rotatable bonds is 11. The Kier molecular flexibility index (Phi) is 12.5. The van der Waals surface area contributed by atoms with E-state index in [1.54, 1.807) is 0 Å². The topological polar surface area (TPSA) is 75.1 Å². The zero-order valence-electron chi connectivity index (χ0n) is 17.2. The molecule has 1 saturated heterocycles. The number of aliphatic hydroxyl groups is 1. The Morgan fingerprint density at radius 3 is 2.86 bits per heavy atom. The smallest absolute Gasteiger partial charge is 0.191 e. The van der Waals surface area contributed by atoms with Crippen LogP contribution in [-0.2, 0) is 11.2 Å². The number of nitrogens with one attached hydrogen (secondary N) is 2. The lowest BCUT2D eigenvalue weighted by atomic mass is 9.84. The van der Waals surface area contributed by atoms with Crippen LogP contribution in [0.25, 0.3) is 0 Å². The van der Waals surface area contributed by atoms with Crippen molar-refractivity contribution in [2.75, 3.05) is 46.1 Å². The third-order valence-corrected chi connectivity index (χ3v) is 4.82. The van der Waals surface area contributed by atoms with Gasteiger partial charge in [-0.25, -0.2) is 0 Å². The van der Waals surface area contributed by atoms with Crippen LogP contribution in [0.15, 0.2) is 29.3 Å². The Morgan fingerprint density at radius 2 is 2.18 bits per heavy atom. The van der Waals surface area contributed by atoms with E-state index in [9.17, 15) is 5.11 Å². The average molecular weight is 505 g/mol.